The lowest BCUT2D eigenvalue weighted by molar-refractivity contribution is -0.137. The molecule has 0 saturated heterocycles. The van der Waals surface area contributed by atoms with Gasteiger partial charge in [0.1, 0.15) is 0 Å². The summed E-state index contributed by atoms with van der Waals surface area (Å²) in [5, 5.41) is 14.1. The normalized spacial score (nSPS) is 13.6. The van der Waals surface area contributed by atoms with Gasteiger partial charge in [0.25, 0.3) is 0 Å². The predicted molar refractivity (Wildman–Crippen MR) is 73.1 cm³/mol. The minimum Gasteiger partial charge on any atom is -0.481 e. The Labute approximate surface area is 114 Å². The van der Waals surface area contributed by atoms with E-state index in [1.165, 1.54) is 0 Å². The summed E-state index contributed by atoms with van der Waals surface area (Å²) in [6, 6.07) is -0.234. The third-order valence-corrected chi connectivity index (χ3v) is 2.72. The van der Waals surface area contributed by atoms with Gasteiger partial charge in [-0.2, -0.15) is 0 Å². The minimum atomic E-state index is -0.776. The number of hydrogen-bond donors (Lipinski definition) is 3. The SMILES string of the molecule is CCOCC(C)NC(=O)NCCC(C)CCC(=O)O. The third kappa shape index (κ3) is 11.5. The van der Waals surface area contributed by atoms with Crippen molar-refractivity contribution in [2.45, 2.75) is 46.1 Å². The number of nitrogens with one attached hydrogen (secondary N) is 2. The summed E-state index contributed by atoms with van der Waals surface area (Å²) < 4.78 is 5.20. The van der Waals surface area contributed by atoms with Gasteiger partial charge in [0, 0.05) is 19.6 Å². The van der Waals surface area contributed by atoms with E-state index in [4.69, 9.17) is 9.84 Å². The molecule has 0 aromatic rings. The fourth-order valence-corrected chi connectivity index (χ4v) is 1.56. The second-order valence-electron chi connectivity index (χ2n) is 4.79. The van der Waals surface area contributed by atoms with Crippen LogP contribution in [0.5, 0.6) is 0 Å². The van der Waals surface area contributed by atoms with Gasteiger partial charge in [-0.25, -0.2) is 4.79 Å². The van der Waals surface area contributed by atoms with Gasteiger partial charge in [-0.1, -0.05) is 6.92 Å². The van der Waals surface area contributed by atoms with Gasteiger partial charge in [-0.05, 0) is 32.6 Å². The Kier molecular flexibility index (Phi) is 9.88. The van der Waals surface area contributed by atoms with E-state index in [1.807, 2.05) is 20.8 Å². The van der Waals surface area contributed by atoms with Crippen molar-refractivity contribution >= 4 is 12.0 Å². The zero-order valence-electron chi connectivity index (χ0n) is 12.1. The van der Waals surface area contributed by atoms with E-state index < -0.39 is 5.97 Å². The van der Waals surface area contributed by atoms with Crippen LogP contribution < -0.4 is 10.6 Å². The van der Waals surface area contributed by atoms with Crippen LogP contribution in [-0.2, 0) is 9.53 Å². The van der Waals surface area contributed by atoms with Crippen LogP contribution in [0.4, 0.5) is 4.79 Å². The van der Waals surface area contributed by atoms with Crippen molar-refractivity contribution in [2.75, 3.05) is 19.8 Å². The zero-order valence-corrected chi connectivity index (χ0v) is 12.1. The van der Waals surface area contributed by atoms with Crippen LogP contribution >= 0.6 is 0 Å². The molecule has 2 atom stereocenters. The fraction of sp³-hybridized carbons (Fsp3) is 0.846. The summed E-state index contributed by atoms with van der Waals surface area (Å²) in [6.45, 7) is 7.46. The van der Waals surface area contributed by atoms with Gasteiger partial charge < -0.3 is 20.5 Å². The first-order chi connectivity index (χ1) is 8.95. The molecule has 0 aliphatic heterocycles. The molecule has 0 aliphatic rings. The van der Waals surface area contributed by atoms with Crippen LogP contribution in [0.1, 0.15) is 40.0 Å². The first-order valence-corrected chi connectivity index (χ1v) is 6.79. The summed E-state index contributed by atoms with van der Waals surface area (Å²) in [6.07, 6.45) is 1.60. The largest absolute Gasteiger partial charge is 0.481 e. The Balaban J connectivity index is 3.59. The molecule has 0 fully saturated rings. The third-order valence-electron chi connectivity index (χ3n) is 2.72. The second-order valence-corrected chi connectivity index (χ2v) is 4.79. The molecule has 3 N–H and O–H groups in total. The summed E-state index contributed by atoms with van der Waals surface area (Å²) in [5.74, 6) is -0.487. The van der Waals surface area contributed by atoms with E-state index >= 15 is 0 Å². The number of aliphatic carboxylic acids is 1. The van der Waals surface area contributed by atoms with Crippen LogP contribution in [-0.4, -0.2) is 42.9 Å². The highest BCUT2D eigenvalue weighted by atomic mass is 16.5. The second kappa shape index (κ2) is 10.6. The molecule has 6 heteroatoms. The molecule has 0 aromatic heterocycles. The average molecular weight is 274 g/mol. The fourth-order valence-electron chi connectivity index (χ4n) is 1.56. The molecule has 0 rings (SSSR count). The lowest BCUT2D eigenvalue weighted by Crippen LogP contribution is -2.43. The number of carboxylic acid groups (broad SMARTS) is 1. The highest BCUT2D eigenvalue weighted by molar-refractivity contribution is 5.74. The van der Waals surface area contributed by atoms with Crippen molar-refractivity contribution in [2.24, 2.45) is 5.92 Å². The number of carboxylic acids is 1. The van der Waals surface area contributed by atoms with Gasteiger partial charge >= 0.3 is 12.0 Å². The maximum Gasteiger partial charge on any atom is 0.315 e. The van der Waals surface area contributed by atoms with E-state index in [0.29, 0.717) is 26.2 Å². The zero-order chi connectivity index (χ0) is 14.7. The van der Waals surface area contributed by atoms with Gasteiger partial charge in [0.2, 0.25) is 0 Å². The Morgan fingerprint density at radius 3 is 2.53 bits per heavy atom. The van der Waals surface area contributed by atoms with Crippen molar-refractivity contribution in [1.29, 1.82) is 0 Å². The van der Waals surface area contributed by atoms with Gasteiger partial charge in [0.05, 0.1) is 12.6 Å². The molecule has 112 valence electrons. The van der Waals surface area contributed by atoms with Crippen molar-refractivity contribution < 1.29 is 19.4 Å². The molecule has 0 heterocycles. The number of rotatable bonds is 10. The van der Waals surface area contributed by atoms with Crippen LogP contribution in [0, 0.1) is 5.92 Å². The van der Waals surface area contributed by atoms with Crippen LogP contribution in [0.15, 0.2) is 0 Å². The highest BCUT2D eigenvalue weighted by Crippen LogP contribution is 2.08. The molecular formula is C13H26N2O4. The minimum absolute atomic E-state index is 0.0237. The molecule has 2 amide bonds. The molecular weight excluding hydrogens is 248 g/mol. The van der Waals surface area contributed by atoms with Crippen molar-refractivity contribution in [3.05, 3.63) is 0 Å². The molecule has 0 radical (unpaired) electrons. The van der Waals surface area contributed by atoms with E-state index in [1.54, 1.807) is 0 Å². The number of urea groups is 1. The molecule has 0 aromatic carbocycles. The number of carbonyl (C=O) groups excluding carboxylic acids is 1. The maximum absolute atomic E-state index is 11.5. The van der Waals surface area contributed by atoms with E-state index in [0.717, 1.165) is 6.42 Å². The quantitative estimate of drug-likeness (QED) is 0.564. The molecule has 2 unspecified atom stereocenters. The predicted octanol–water partition coefficient (Wildman–Crippen LogP) is 1.60. The van der Waals surface area contributed by atoms with Gasteiger partial charge in [-0.3, -0.25) is 4.79 Å². The van der Waals surface area contributed by atoms with Crippen molar-refractivity contribution in [1.82, 2.24) is 10.6 Å². The smallest absolute Gasteiger partial charge is 0.315 e. The Bertz CT molecular complexity index is 271. The van der Waals surface area contributed by atoms with Crippen LogP contribution in [0.25, 0.3) is 0 Å². The maximum atomic E-state index is 11.5. The Hall–Kier alpha value is -1.30. The van der Waals surface area contributed by atoms with Gasteiger partial charge in [-0.15, -0.1) is 0 Å². The van der Waals surface area contributed by atoms with Crippen molar-refractivity contribution in [3.63, 3.8) is 0 Å². The summed E-state index contributed by atoms with van der Waals surface area (Å²) >= 11 is 0. The van der Waals surface area contributed by atoms with E-state index in [9.17, 15) is 9.59 Å². The number of carbonyl (C=O) groups is 2. The molecule has 6 nitrogen and oxygen atoms in total. The topological polar surface area (TPSA) is 87.7 Å². The summed E-state index contributed by atoms with van der Waals surface area (Å²) in [7, 11) is 0. The van der Waals surface area contributed by atoms with E-state index in [-0.39, 0.29) is 24.4 Å². The van der Waals surface area contributed by atoms with Crippen LogP contribution in [0.3, 0.4) is 0 Å². The molecule has 0 spiro atoms. The molecule has 19 heavy (non-hydrogen) atoms. The van der Waals surface area contributed by atoms with Crippen LogP contribution in [0.2, 0.25) is 0 Å². The molecule has 0 aliphatic carbocycles. The summed E-state index contributed by atoms with van der Waals surface area (Å²) in [5.41, 5.74) is 0. The number of ether oxygens (including phenoxy) is 1. The number of hydrogen-bond acceptors (Lipinski definition) is 3. The standard InChI is InChI=1S/C13H26N2O4/c1-4-19-9-11(3)15-13(18)14-8-7-10(2)5-6-12(16)17/h10-11H,4-9H2,1-3H3,(H,16,17)(H2,14,15,18). The Morgan fingerprint density at radius 1 is 1.26 bits per heavy atom. The highest BCUT2D eigenvalue weighted by Gasteiger charge is 2.08. The number of amides is 2. The van der Waals surface area contributed by atoms with Crippen molar-refractivity contribution in [3.8, 4) is 0 Å². The molecule has 0 saturated carbocycles. The lowest BCUT2D eigenvalue weighted by Gasteiger charge is -2.15. The lowest BCUT2D eigenvalue weighted by atomic mass is 10.0. The van der Waals surface area contributed by atoms with E-state index in [2.05, 4.69) is 10.6 Å². The summed E-state index contributed by atoms with van der Waals surface area (Å²) in [4.78, 5) is 21.9. The molecule has 0 bridgehead atoms. The van der Waals surface area contributed by atoms with Gasteiger partial charge in [0.15, 0.2) is 0 Å². The first-order valence-electron chi connectivity index (χ1n) is 6.79. The Morgan fingerprint density at radius 2 is 1.95 bits per heavy atom. The monoisotopic (exact) mass is 274 g/mol. The first kappa shape index (κ1) is 17.7. The average Bonchev–Trinajstić information content (AvgIpc) is 2.33.